The smallest absolute Gasteiger partial charge is 0.0136 e. The molecule has 0 heterocycles. The Balaban J connectivity index is 2.48. The van der Waals surface area contributed by atoms with E-state index in [4.69, 9.17) is 0 Å². The standard InChI is InChI=1S/C14H20/c1-10-5-6-12-7-8-14(3,4)11(2)13(12)9-10/h5-6,9,11H,7-8H2,1-4H3. The summed E-state index contributed by atoms with van der Waals surface area (Å²) < 4.78 is 0. The number of fused-ring (bicyclic) bond motifs is 1. The zero-order valence-electron chi connectivity index (χ0n) is 9.72. The maximum absolute atomic E-state index is 2.39. The van der Waals surface area contributed by atoms with Crippen molar-refractivity contribution in [1.29, 1.82) is 0 Å². The van der Waals surface area contributed by atoms with Crippen molar-refractivity contribution in [3.05, 3.63) is 34.9 Å². The lowest BCUT2D eigenvalue weighted by Gasteiger charge is -2.38. The third kappa shape index (κ3) is 1.47. The van der Waals surface area contributed by atoms with Gasteiger partial charge in [0.05, 0.1) is 0 Å². The average molecular weight is 188 g/mol. The van der Waals surface area contributed by atoms with Crippen molar-refractivity contribution in [2.45, 2.75) is 46.5 Å². The van der Waals surface area contributed by atoms with E-state index in [-0.39, 0.29) is 0 Å². The summed E-state index contributed by atoms with van der Waals surface area (Å²) in [5, 5.41) is 0. The molecule has 0 heteroatoms. The van der Waals surface area contributed by atoms with Crippen LogP contribution in [0.3, 0.4) is 0 Å². The number of hydrogen-bond donors (Lipinski definition) is 0. The topological polar surface area (TPSA) is 0 Å². The summed E-state index contributed by atoms with van der Waals surface area (Å²) in [6.07, 6.45) is 2.58. The van der Waals surface area contributed by atoms with Gasteiger partial charge >= 0.3 is 0 Å². The quantitative estimate of drug-likeness (QED) is 0.575. The van der Waals surface area contributed by atoms with E-state index >= 15 is 0 Å². The van der Waals surface area contributed by atoms with E-state index < -0.39 is 0 Å². The normalized spacial score (nSPS) is 24.4. The van der Waals surface area contributed by atoms with Gasteiger partial charge in [-0.25, -0.2) is 0 Å². The molecule has 1 aliphatic carbocycles. The average Bonchev–Trinajstić information content (AvgIpc) is 2.13. The van der Waals surface area contributed by atoms with Gasteiger partial charge in [-0.15, -0.1) is 0 Å². The summed E-state index contributed by atoms with van der Waals surface area (Å²) >= 11 is 0. The highest BCUT2D eigenvalue weighted by molar-refractivity contribution is 5.37. The van der Waals surface area contributed by atoms with E-state index in [0.717, 1.165) is 0 Å². The Morgan fingerprint density at radius 2 is 2.00 bits per heavy atom. The van der Waals surface area contributed by atoms with Gasteiger partial charge in [0.2, 0.25) is 0 Å². The Hall–Kier alpha value is -0.780. The SMILES string of the molecule is Cc1ccc2c(c1)C(C)C(C)(C)CC2. The van der Waals surface area contributed by atoms with Crippen molar-refractivity contribution in [2.75, 3.05) is 0 Å². The highest BCUT2D eigenvalue weighted by Crippen LogP contribution is 2.44. The van der Waals surface area contributed by atoms with Crippen LogP contribution >= 0.6 is 0 Å². The molecule has 0 aliphatic heterocycles. The number of aryl methyl sites for hydroxylation is 2. The second kappa shape index (κ2) is 3.12. The Morgan fingerprint density at radius 3 is 2.71 bits per heavy atom. The van der Waals surface area contributed by atoms with E-state index in [1.165, 1.54) is 18.4 Å². The van der Waals surface area contributed by atoms with E-state index in [9.17, 15) is 0 Å². The molecule has 14 heavy (non-hydrogen) atoms. The molecular weight excluding hydrogens is 168 g/mol. The van der Waals surface area contributed by atoms with E-state index in [0.29, 0.717) is 11.3 Å². The Labute approximate surface area is 87.3 Å². The van der Waals surface area contributed by atoms with Crippen LogP contribution in [0.25, 0.3) is 0 Å². The highest BCUT2D eigenvalue weighted by atomic mass is 14.4. The fraction of sp³-hybridized carbons (Fsp3) is 0.571. The Bertz CT molecular complexity index is 347. The van der Waals surface area contributed by atoms with E-state index in [2.05, 4.69) is 45.9 Å². The van der Waals surface area contributed by atoms with Gasteiger partial charge in [-0.2, -0.15) is 0 Å². The van der Waals surface area contributed by atoms with Crippen LogP contribution < -0.4 is 0 Å². The van der Waals surface area contributed by atoms with Crippen LogP contribution in [0.5, 0.6) is 0 Å². The fourth-order valence-electron chi connectivity index (χ4n) is 2.44. The zero-order valence-corrected chi connectivity index (χ0v) is 9.72. The Morgan fingerprint density at radius 1 is 1.29 bits per heavy atom. The van der Waals surface area contributed by atoms with Gasteiger partial charge in [0.25, 0.3) is 0 Å². The largest absolute Gasteiger partial charge is 0.0593 e. The molecular formula is C14H20. The minimum absolute atomic E-state index is 0.473. The van der Waals surface area contributed by atoms with E-state index in [1.807, 2.05) is 0 Å². The third-order valence-electron chi connectivity index (χ3n) is 3.98. The summed E-state index contributed by atoms with van der Waals surface area (Å²) in [4.78, 5) is 0. The first-order valence-electron chi connectivity index (χ1n) is 5.60. The van der Waals surface area contributed by atoms with Gasteiger partial charge in [-0.1, -0.05) is 44.5 Å². The van der Waals surface area contributed by atoms with Crippen LogP contribution in [0, 0.1) is 12.3 Å². The van der Waals surface area contributed by atoms with Crippen molar-refractivity contribution < 1.29 is 0 Å². The van der Waals surface area contributed by atoms with Gasteiger partial charge in [0, 0.05) is 0 Å². The predicted molar refractivity (Wildman–Crippen MR) is 61.7 cm³/mol. The first kappa shape index (κ1) is 9.76. The minimum atomic E-state index is 0.473. The predicted octanol–water partition coefficient (Wildman–Crippen LogP) is 4.07. The van der Waals surface area contributed by atoms with Crippen LogP contribution in [0.4, 0.5) is 0 Å². The molecule has 0 nitrogen and oxygen atoms in total. The van der Waals surface area contributed by atoms with E-state index in [1.54, 1.807) is 11.1 Å². The molecule has 1 aliphatic rings. The fourth-order valence-corrected chi connectivity index (χ4v) is 2.44. The van der Waals surface area contributed by atoms with Crippen molar-refractivity contribution in [2.24, 2.45) is 5.41 Å². The molecule has 1 aromatic rings. The summed E-state index contributed by atoms with van der Waals surface area (Å²) in [5.41, 5.74) is 5.03. The summed E-state index contributed by atoms with van der Waals surface area (Å²) in [5.74, 6) is 0.700. The van der Waals surface area contributed by atoms with Gasteiger partial charge in [0.15, 0.2) is 0 Å². The first-order chi connectivity index (χ1) is 6.50. The van der Waals surface area contributed by atoms with Crippen LogP contribution in [-0.4, -0.2) is 0 Å². The molecule has 0 radical (unpaired) electrons. The number of hydrogen-bond acceptors (Lipinski definition) is 0. The molecule has 0 fully saturated rings. The van der Waals surface area contributed by atoms with Crippen molar-refractivity contribution in [3.63, 3.8) is 0 Å². The van der Waals surface area contributed by atoms with Gasteiger partial charge in [0.1, 0.15) is 0 Å². The highest BCUT2D eigenvalue weighted by Gasteiger charge is 2.32. The minimum Gasteiger partial charge on any atom is -0.0593 e. The molecule has 1 unspecified atom stereocenters. The Kier molecular flexibility index (Phi) is 2.17. The van der Waals surface area contributed by atoms with Gasteiger partial charge in [-0.3, -0.25) is 0 Å². The molecule has 76 valence electrons. The maximum atomic E-state index is 2.39. The molecule has 0 amide bonds. The van der Waals surface area contributed by atoms with Crippen molar-refractivity contribution >= 4 is 0 Å². The number of rotatable bonds is 0. The van der Waals surface area contributed by atoms with Crippen LogP contribution in [-0.2, 0) is 6.42 Å². The summed E-state index contributed by atoms with van der Waals surface area (Å²) in [6.45, 7) is 9.35. The van der Waals surface area contributed by atoms with Gasteiger partial charge in [-0.05, 0) is 42.2 Å². The monoisotopic (exact) mass is 188 g/mol. The second-order valence-electron chi connectivity index (χ2n) is 5.41. The molecule has 1 aromatic carbocycles. The molecule has 0 saturated heterocycles. The molecule has 0 bridgehead atoms. The molecule has 0 saturated carbocycles. The lowest BCUT2D eigenvalue weighted by molar-refractivity contribution is 0.259. The first-order valence-corrected chi connectivity index (χ1v) is 5.60. The molecule has 0 spiro atoms. The molecule has 2 rings (SSSR count). The molecule has 0 N–H and O–H groups in total. The second-order valence-corrected chi connectivity index (χ2v) is 5.41. The van der Waals surface area contributed by atoms with Crippen molar-refractivity contribution in [1.82, 2.24) is 0 Å². The van der Waals surface area contributed by atoms with Gasteiger partial charge < -0.3 is 0 Å². The maximum Gasteiger partial charge on any atom is -0.0136 e. The zero-order chi connectivity index (χ0) is 10.3. The molecule has 1 atom stereocenters. The van der Waals surface area contributed by atoms with Crippen LogP contribution in [0.15, 0.2) is 18.2 Å². The molecule has 0 aromatic heterocycles. The summed E-state index contributed by atoms with van der Waals surface area (Å²) in [7, 11) is 0. The summed E-state index contributed by atoms with van der Waals surface area (Å²) in [6, 6.07) is 6.93. The lowest BCUT2D eigenvalue weighted by Crippen LogP contribution is -2.26. The third-order valence-corrected chi connectivity index (χ3v) is 3.98. The number of benzene rings is 1. The van der Waals surface area contributed by atoms with Crippen LogP contribution in [0.1, 0.15) is 49.8 Å². The van der Waals surface area contributed by atoms with Crippen LogP contribution in [0.2, 0.25) is 0 Å². The van der Waals surface area contributed by atoms with Crippen molar-refractivity contribution in [3.8, 4) is 0 Å². The lowest BCUT2D eigenvalue weighted by atomic mass is 9.67.